The molecule has 0 spiro atoms. The lowest BCUT2D eigenvalue weighted by atomic mass is 10.1. The number of nitrogens with zero attached hydrogens (tertiary/aromatic N) is 4. The minimum Gasteiger partial charge on any atom is -0.356 e. The van der Waals surface area contributed by atoms with Crippen LogP contribution in [0.3, 0.4) is 0 Å². The van der Waals surface area contributed by atoms with E-state index in [1.165, 1.54) is 18.5 Å². The Morgan fingerprint density at radius 3 is 2.65 bits per heavy atom. The Morgan fingerprint density at radius 2 is 2.04 bits per heavy atom. The molecule has 3 rings (SSSR count). The number of anilines is 1. The first-order valence-electron chi connectivity index (χ1n) is 7.24. The van der Waals surface area contributed by atoms with Crippen molar-refractivity contribution in [3.05, 3.63) is 36.3 Å². The highest BCUT2D eigenvalue weighted by molar-refractivity contribution is 5.84. The van der Waals surface area contributed by atoms with E-state index in [1.54, 1.807) is 11.8 Å². The van der Waals surface area contributed by atoms with E-state index >= 15 is 0 Å². The highest BCUT2D eigenvalue weighted by Crippen LogP contribution is 2.23. The van der Waals surface area contributed by atoms with E-state index in [0.29, 0.717) is 0 Å². The number of carbonyl (C=O) groups is 1. The maximum absolute atomic E-state index is 14.5. The lowest BCUT2D eigenvalue weighted by Gasteiger charge is -2.33. The molecule has 0 aromatic carbocycles. The van der Waals surface area contributed by atoms with Crippen LogP contribution in [-0.2, 0) is 4.79 Å². The Labute approximate surface area is 131 Å². The van der Waals surface area contributed by atoms with Crippen LogP contribution in [0.15, 0.2) is 24.7 Å². The van der Waals surface area contributed by atoms with Crippen LogP contribution in [0.25, 0.3) is 11.4 Å². The van der Waals surface area contributed by atoms with Crippen LogP contribution >= 0.6 is 0 Å². The van der Waals surface area contributed by atoms with Gasteiger partial charge in [-0.1, -0.05) is 0 Å². The second-order valence-electron chi connectivity index (χ2n) is 5.29. The number of carbonyl (C=O) groups excluding carboxylic acids is 1. The predicted octanol–water partition coefficient (Wildman–Crippen LogP) is 1.85. The van der Waals surface area contributed by atoms with Gasteiger partial charge in [0.15, 0.2) is 11.6 Å². The molecule has 1 atom stereocenters. The third-order valence-electron chi connectivity index (χ3n) is 3.65. The molecule has 1 saturated heterocycles. The Morgan fingerprint density at radius 1 is 1.26 bits per heavy atom. The van der Waals surface area contributed by atoms with Crippen molar-refractivity contribution in [1.82, 2.24) is 19.9 Å². The fourth-order valence-corrected chi connectivity index (χ4v) is 2.24. The third-order valence-corrected chi connectivity index (χ3v) is 3.65. The number of hydrogen-bond acceptors (Lipinski definition) is 5. The number of hydrogen-bond donors (Lipinski definition) is 1. The molecule has 6 nitrogen and oxygen atoms in total. The maximum atomic E-state index is 14.5. The van der Waals surface area contributed by atoms with Gasteiger partial charge in [-0.15, -0.1) is 0 Å². The minimum absolute atomic E-state index is 0.0499. The number of rotatable bonds is 4. The van der Waals surface area contributed by atoms with Crippen LogP contribution in [0, 0.1) is 11.6 Å². The number of pyridine rings is 1. The van der Waals surface area contributed by atoms with Gasteiger partial charge in [0.25, 0.3) is 0 Å². The lowest BCUT2D eigenvalue weighted by molar-refractivity contribution is -0.135. The van der Waals surface area contributed by atoms with Crippen molar-refractivity contribution in [3.8, 4) is 11.4 Å². The normalized spacial score (nSPS) is 15.0. The Bertz CT molecular complexity index is 718. The highest BCUT2D eigenvalue weighted by atomic mass is 19.1. The molecule has 3 heterocycles. The molecule has 1 aliphatic heterocycles. The van der Waals surface area contributed by atoms with Crippen LogP contribution in [0.4, 0.5) is 14.6 Å². The fraction of sp³-hybridized carbons (Fsp3) is 0.333. The molecule has 0 saturated carbocycles. The van der Waals surface area contributed by atoms with Gasteiger partial charge < -0.3 is 10.2 Å². The van der Waals surface area contributed by atoms with Gasteiger partial charge in [0.05, 0.1) is 11.9 Å². The molecular weight excluding hydrogens is 304 g/mol. The quantitative estimate of drug-likeness (QED) is 0.931. The van der Waals surface area contributed by atoms with E-state index < -0.39 is 17.7 Å². The summed E-state index contributed by atoms with van der Waals surface area (Å²) in [6.45, 7) is 3.10. The topological polar surface area (TPSA) is 71.0 Å². The molecular formula is C15H15F2N5O. The first-order chi connectivity index (χ1) is 11.1. The first kappa shape index (κ1) is 15.3. The average Bonchev–Trinajstić information content (AvgIpc) is 2.48. The number of amides is 1. The van der Waals surface area contributed by atoms with E-state index in [-0.39, 0.29) is 23.1 Å². The molecule has 23 heavy (non-hydrogen) atoms. The second-order valence-corrected chi connectivity index (χ2v) is 5.29. The summed E-state index contributed by atoms with van der Waals surface area (Å²) in [6, 6.07) is 1.90. The molecule has 8 heteroatoms. The molecule has 0 aliphatic carbocycles. The summed E-state index contributed by atoms with van der Waals surface area (Å²) >= 11 is 0. The summed E-state index contributed by atoms with van der Waals surface area (Å²) in [6.07, 6.45) is 3.15. The average molecular weight is 319 g/mol. The van der Waals surface area contributed by atoms with E-state index in [1.807, 2.05) is 0 Å². The summed E-state index contributed by atoms with van der Waals surface area (Å²) < 4.78 is 27.4. The van der Waals surface area contributed by atoms with Crippen molar-refractivity contribution in [2.45, 2.75) is 19.4 Å². The van der Waals surface area contributed by atoms with Crippen molar-refractivity contribution in [1.29, 1.82) is 0 Å². The minimum atomic E-state index is -0.727. The van der Waals surface area contributed by atoms with Crippen LogP contribution in [0.5, 0.6) is 0 Å². The van der Waals surface area contributed by atoms with Crippen molar-refractivity contribution in [2.24, 2.45) is 0 Å². The Kier molecular flexibility index (Phi) is 4.14. The molecule has 0 radical (unpaired) electrons. The zero-order chi connectivity index (χ0) is 16.4. The summed E-state index contributed by atoms with van der Waals surface area (Å²) in [7, 11) is 0. The van der Waals surface area contributed by atoms with E-state index in [9.17, 15) is 13.6 Å². The second kappa shape index (κ2) is 6.23. The predicted molar refractivity (Wildman–Crippen MR) is 79.5 cm³/mol. The molecule has 2 aromatic heterocycles. The van der Waals surface area contributed by atoms with E-state index in [0.717, 1.165) is 25.7 Å². The van der Waals surface area contributed by atoms with Crippen molar-refractivity contribution in [3.63, 3.8) is 0 Å². The first-order valence-corrected chi connectivity index (χ1v) is 7.24. The molecule has 1 aliphatic rings. The summed E-state index contributed by atoms with van der Waals surface area (Å²) in [5.74, 6) is -1.43. The molecule has 0 unspecified atom stereocenters. The van der Waals surface area contributed by atoms with Gasteiger partial charge >= 0.3 is 0 Å². The van der Waals surface area contributed by atoms with Crippen molar-refractivity contribution in [2.75, 3.05) is 18.4 Å². The van der Waals surface area contributed by atoms with Crippen molar-refractivity contribution >= 4 is 11.7 Å². The third kappa shape index (κ3) is 3.10. The van der Waals surface area contributed by atoms with Gasteiger partial charge in [-0.25, -0.2) is 18.7 Å². The fourth-order valence-electron chi connectivity index (χ4n) is 2.24. The molecule has 2 aromatic rings. The SMILES string of the molecule is C[C@@H](Nc1ncnc(-c2ccc(F)cn2)c1F)C(=O)N1CCC1. The number of likely N-dealkylation sites (tertiary alicyclic amines) is 1. The number of halogens is 2. The van der Waals surface area contributed by atoms with Gasteiger partial charge in [-0.3, -0.25) is 9.78 Å². The van der Waals surface area contributed by atoms with Crippen molar-refractivity contribution < 1.29 is 13.6 Å². The highest BCUT2D eigenvalue weighted by Gasteiger charge is 2.26. The zero-order valence-corrected chi connectivity index (χ0v) is 12.5. The molecule has 1 N–H and O–H groups in total. The Balaban J connectivity index is 1.81. The number of aromatic nitrogens is 3. The van der Waals surface area contributed by atoms with Crippen LogP contribution < -0.4 is 5.32 Å². The smallest absolute Gasteiger partial charge is 0.244 e. The van der Waals surface area contributed by atoms with Crippen LogP contribution in [0.1, 0.15) is 13.3 Å². The summed E-state index contributed by atoms with van der Waals surface area (Å²) in [5.41, 5.74) is 0.141. The molecule has 120 valence electrons. The van der Waals surface area contributed by atoms with Gasteiger partial charge in [0.2, 0.25) is 5.91 Å². The van der Waals surface area contributed by atoms with Gasteiger partial charge in [0.1, 0.15) is 23.9 Å². The molecule has 1 fully saturated rings. The van der Waals surface area contributed by atoms with Gasteiger partial charge in [-0.05, 0) is 25.5 Å². The zero-order valence-electron chi connectivity index (χ0n) is 12.5. The Hall–Kier alpha value is -2.64. The number of nitrogens with one attached hydrogen (secondary N) is 1. The monoisotopic (exact) mass is 319 g/mol. The van der Waals surface area contributed by atoms with E-state index in [2.05, 4.69) is 20.3 Å². The van der Waals surface area contributed by atoms with Gasteiger partial charge in [-0.2, -0.15) is 0 Å². The summed E-state index contributed by atoms with van der Waals surface area (Å²) in [5, 5.41) is 2.76. The molecule has 0 bridgehead atoms. The maximum Gasteiger partial charge on any atom is 0.244 e. The molecule has 1 amide bonds. The summed E-state index contributed by atoms with van der Waals surface area (Å²) in [4.78, 5) is 25.3. The van der Waals surface area contributed by atoms with Crippen LogP contribution in [-0.4, -0.2) is 44.9 Å². The largest absolute Gasteiger partial charge is 0.356 e. The lowest BCUT2D eigenvalue weighted by Crippen LogP contribution is -2.48. The van der Waals surface area contributed by atoms with Gasteiger partial charge in [0, 0.05) is 13.1 Å². The standard InChI is InChI=1S/C15H15F2N5O/c1-9(15(23)22-5-2-6-22)21-14-12(17)13(19-8-20-14)11-4-3-10(16)7-18-11/h3-4,7-9H,2,5-6H2,1H3,(H,19,20,21)/t9-/m1/s1. The van der Waals surface area contributed by atoms with E-state index in [4.69, 9.17) is 0 Å². The van der Waals surface area contributed by atoms with Crippen LogP contribution in [0.2, 0.25) is 0 Å².